The van der Waals surface area contributed by atoms with Gasteiger partial charge in [-0.25, -0.2) is 19.6 Å². The molecule has 0 aliphatic heterocycles. The summed E-state index contributed by atoms with van der Waals surface area (Å²) in [5.41, 5.74) is 1.84. The summed E-state index contributed by atoms with van der Waals surface area (Å²) in [5, 5.41) is 0.890. The van der Waals surface area contributed by atoms with Gasteiger partial charge in [-0.2, -0.15) is 0 Å². The van der Waals surface area contributed by atoms with Crippen LogP contribution in [0.3, 0.4) is 0 Å². The molecule has 0 spiro atoms. The van der Waals surface area contributed by atoms with Crippen molar-refractivity contribution in [3.05, 3.63) is 105 Å². The first-order valence-electron chi connectivity index (χ1n) is 9.05. The Morgan fingerprint density at radius 3 is 2.10 bits per heavy atom. The monoisotopic (exact) mass is 382 g/mol. The fraction of sp³-hybridized carbons (Fsp3) is 0.0435. The molecule has 2 heterocycles. The van der Waals surface area contributed by atoms with Crippen LogP contribution in [0.25, 0.3) is 33.3 Å². The highest BCUT2D eigenvalue weighted by molar-refractivity contribution is 5.78. The van der Waals surface area contributed by atoms with E-state index in [0.29, 0.717) is 39.7 Å². The largest absolute Gasteiger partial charge is 0.408 e. The van der Waals surface area contributed by atoms with E-state index >= 15 is 0 Å². The second-order valence-corrected chi connectivity index (χ2v) is 6.61. The van der Waals surface area contributed by atoms with E-state index < -0.39 is 11.3 Å². The van der Waals surface area contributed by atoms with E-state index in [1.807, 2.05) is 36.4 Å². The van der Waals surface area contributed by atoms with Gasteiger partial charge in [-0.1, -0.05) is 36.4 Å². The molecule has 0 aliphatic carbocycles. The van der Waals surface area contributed by atoms with Gasteiger partial charge in [0.15, 0.2) is 0 Å². The van der Waals surface area contributed by atoms with E-state index in [0.717, 1.165) is 5.56 Å². The molecule has 0 aliphatic rings. The van der Waals surface area contributed by atoms with Gasteiger partial charge in [0, 0.05) is 12.0 Å². The molecule has 140 valence electrons. The summed E-state index contributed by atoms with van der Waals surface area (Å²) in [6.07, 6.45) is 0.325. The van der Waals surface area contributed by atoms with Crippen molar-refractivity contribution in [2.24, 2.45) is 0 Å². The number of rotatable bonds is 3. The first-order chi connectivity index (χ1) is 14.2. The lowest BCUT2D eigenvalue weighted by Gasteiger charge is -2.05. The maximum atomic E-state index is 12.2. The van der Waals surface area contributed by atoms with Gasteiger partial charge in [0.25, 0.3) is 0 Å². The Morgan fingerprint density at radius 1 is 0.690 bits per heavy atom. The summed E-state index contributed by atoms with van der Waals surface area (Å²) in [6.45, 7) is 0. The second kappa shape index (κ2) is 6.83. The molecule has 0 bridgehead atoms. The minimum absolute atomic E-state index is 0.239. The third kappa shape index (κ3) is 3.21. The summed E-state index contributed by atoms with van der Waals surface area (Å²) in [4.78, 5) is 33.3. The van der Waals surface area contributed by atoms with Crippen molar-refractivity contribution in [1.29, 1.82) is 0 Å². The average molecular weight is 382 g/mol. The van der Waals surface area contributed by atoms with Gasteiger partial charge >= 0.3 is 11.3 Å². The normalized spacial score (nSPS) is 11.2. The van der Waals surface area contributed by atoms with Gasteiger partial charge in [0.05, 0.1) is 21.8 Å². The maximum Gasteiger partial charge on any atom is 0.347 e. The van der Waals surface area contributed by atoms with Crippen molar-refractivity contribution in [1.82, 2.24) is 9.97 Å². The Bertz CT molecular complexity index is 1480. The van der Waals surface area contributed by atoms with Crippen molar-refractivity contribution in [3.63, 3.8) is 0 Å². The molecule has 0 amide bonds. The Labute approximate surface area is 164 Å². The molecule has 5 rings (SSSR count). The molecule has 0 saturated heterocycles. The predicted molar refractivity (Wildman–Crippen MR) is 109 cm³/mol. The van der Waals surface area contributed by atoms with E-state index in [4.69, 9.17) is 8.83 Å². The van der Waals surface area contributed by atoms with Gasteiger partial charge in [-0.15, -0.1) is 0 Å². The molecule has 29 heavy (non-hydrogen) atoms. The Hall–Kier alpha value is -4.06. The topological polar surface area (TPSA) is 86.2 Å². The Morgan fingerprint density at radius 2 is 1.34 bits per heavy atom. The third-order valence-corrected chi connectivity index (χ3v) is 4.64. The molecule has 0 atom stereocenters. The highest BCUT2D eigenvalue weighted by Crippen LogP contribution is 2.21. The summed E-state index contributed by atoms with van der Waals surface area (Å²) in [5.74, 6) is 0.558. The summed E-state index contributed by atoms with van der Waals surface area (Å²) in [6, 6.07) is 21.5. The zero-order chi connectivity index (χ0) is 19.8. The van der Waals surface area contributed by atoms with Crippen LogP contribution >= 0.6 is 0 Å². The predicted octanol–water partition coefficient (Wildman–Crippen LogP) is 3.95. The lowest BCUT2D eigenvalue weighted by molar-refractivity contribution is 0.454. The molecular formula is C23H14N2O4. The minimum Gasteiger partial charge on any atom is -0.408 e. The van der Waals surface area contributed by atoms with Crippen molar-refractivity contribution in [2.75, 3.05) is 0 Å². The lowest BCUT2D eigenvalue weighted by atomic mass is 10.1. The van der Waals surface area contributed by atoms with Crippen LogP contribution in [0.4, 0.5) is 0 Å². The fourth-order valence-electron chi connectivity index (χ4n) is 3.27. The summed E-state index contributed by atoms with van der Waals surface area (Å²) < 4.78 is 10.8. The van der Waals surface area contributed by atoms with Crippen LogP contribution in [0, 0.1) is 0 Å². The van der Waals surface area contributed by atoms with Crippen LogP contribution in [0.1, 0.15) is 11.5 Å². The quantitative estimate of drug-likeness (QED) is 0.470. The minimum atomic E-state index is -0.432. The zero-order valence-corrected chi connectivity index (χ0v) is 15.2. The molecule has 3 aromatic carbocycles. The first kappa shape index (κ1) is 17.1. The van der Waals surface area contributed by atoms with E-state index in [-0.39, 0.29) is 5.89 Å². The molecule has 6 nitrogen and oxygen atoms in total. The summed E-state index contributed by atoms with van der Waals surface area (Å²) in [7, 11) is 0. The number of para-hydroxylation sites is 2. The van der Waals surface area contributed by atoms with Gasteiger partial charge in [0.2, 0.25) is 11.8 Å². The fourth-order valence-corrected chi connectivity index (χ4v) is 3.27. The van der Waals surface area contributed by atoms with Crippen LogP contribution in [-0.4, -0.2) is 9.97 Å². The number of aromatic nitrogens is 2. The van der Waals surface area contributed by atoms with E-state index in [1.54, 1.807) is 36.4 Å². The smallest absolute Gasteiger partial charge is 0.347 e. The van der Waals surface area contributed by atoms with Crippen molar-refractivity contribution >= 4 is 21.8 Å². The first-order valence-corrected chi connectivity index (χ1v) is 9.05. The number of fused-ring (bicyclic) bond motifs is 2. The number of benzene rings is 3. The van der Waals surface area contributed by atoms with Gasteiger partial charge < -0.3 is 8.83 Å². The van der Waals surface area contributed by atoms with Crippen LogP contribution < -0.4 is 11.3 Å². The van der Waals surface area contributed by atoms with Crippen molar-refractivity contribution in [3.8, 4) is 11.5 Å². The zero-order valence-electron chi connectivity index (χ0n) is 15.2. The van der Waals surface area contributed by atoms with Crippen molar-refractivity contribution < 1.29 is 8.83 Å². The molecule has 0 fully saturated rings. The highest BCUT2D eigenvalue weighted by Gasteiger charge is 2.11. The number of nitrogens with zero attached hydrogens (tertiary/aromatic N) is 2. The van der Waals surface area contributed by atoms with Crippen molar-refractivity contribution in [2.45, 2.75) is 6.42 Å². The number of hydrogen-bond acceptors (Lipinski definition) is 6. The highest BCUT2D eigenvalue weighted by atomic mass is 16.4. The average Bonchev–Trinajstić information content (AvgIpc) is 2.74. The summed E-state index contributed by atoms with van der Waals surface area (Å²) >= 11 is 0. The van der Waals surface area contributed by atoms with Crippen LogP contribution in [-0.2, 0) is 6.42 Å². The van der Waals surface area contributed by atoms with E-state index in [9.17, 15) is 9.59 Å². The maximum absolute atomic E-state index is 12.2. The molecule has 2 aromatic heterocycles. The van der Waals surface area contributed by atoms with Crippen LogP contribution in [0.15, 0.2) is 91.2 Å². The Balaban J connectivity index is 1.54. The van der Waals surface area contributed by atoms with Crippen LogP contribution in [0.2, 0.25) is 0 Å². The molecule has 0 radical (unpaired) electrons. The van der Waals surface area contributed by atoms with Gasteiger partial charge in [-0.05, 0) is 42.0 Å². The van der Waals surface area contributed by atoms with Gasteiger partial charge in [-0.3, -0.25) is 0 Å². The Kier molecular flexibility index (Phi) is 4.02. The molecular weight excluding hydrogens is 368 g/mol. The lowest BCUT2D eigenvalue weighted by Crippen LogP contribution is -2.05. The standard InChI is InChI=1S/C23H14N2O4/c26-22-16-8-1-3-10-18(16)24-20(28-22)13-14-6-5-7-15(12-14)21-25-19-11-4-2-9-17(19)23(27)29-21/h1-12H,13H2. The van der Waals surface area contributed by atoms with E-state index in [2.05, 4.69) is 9.97 Å². The molecule has 5 aromatic rings. The molecule has 6 heteroatoms. The molecule has 0 saturated carbocycles. The SMILES string of the molecule is O=c1oc(Cc2cccc(-c3nc4ccccc4c(=O)o3)c2)nc2ccccc12. The number of hydrogen-bond donors (Lipinski definition) is 0. The van der Waals surface area contributed by atoms with Gasteiger partial charge in [0.1, 0.15) is 0 Å². The molecule has 0 unspecified atom stereocenters. The van der Waals surface area contributed by atoms with Crippen LogP contribution in [0.5, 0.6) is 0 Å². The third-order valence-electron chi connectivity index (χ3n) is 4.64. The van der Waals surface area contributed by atoms with E-state index in [1.165, 1.54) is 0 Å². The second-order valence-electron chi connectivity index (χ2n) is 6.61. The molecule has 0 N–H and O–H groups in total.